The minimum Gasteiger partial charge on any atom is -0.361 e. The summed E-state index contributed by atoms with van der Waals surface area (Å²) in [6.07, 6.45) is 0. The number of hydrogen-bond acceptors (Lipinski definition) is 7. The first-order chi connectivity index (χ1) is 11.8. The maximum absolute atomic E-state index is 12.3. The number of nitrogens with one attached hydrogen (secondary N) is 2. The number of carbonyl (C=O) groups excluding carboxylic acids is 1. The summed E-state index contributed by atoms with van der Waals surface area (Å²) >= 11 is 0. The van der Waals surface area contributed by atoms with Crippen LogP contribution < -0.4 is 10.0 Å². The van der Waals surface area contributed by atoms with E-state index in [1.54, 1.807) is 13.8 Å². The average Bonchev–Trinajstić information content (AvgIpc) is 3.16. The molecule has 130 valence electrons. The summed E-state index contributed by atoms with van der Waals surface area (Å²) in [6, 6.07) is 8.61. The summed E-state index contributed by atoms with van der Waals surface area (Å²) in [7, 11) is -3.81. The van der Waals surface area contributed by atoms with E-state index >= 15 is 0 Å². The molecule has 0 fully saturated rings. The fraction of sp³-hybridized carbons (Fsp3) is 0.133. The third kappa shape index (κ3) is 3.86. The van der Waals surface area contributed by atoms with Crippen molar-refractivity contribution in [3.8, 4) is 0 Å². The van der Waals surface area contributed by atoms with Crippen LogP contribution in [0.1, 0.15) is 22.0 Å². The number of amides is 1. The molecule has 0 saturated carbocycles. The Balaban J connectivity index is 1.72. The van der Waals surface area contributed by atoms with E-state index in [9.17, 15) is 13.2 Å². The SMILES string of the molecule is Cc1cc(NS(=O)(=O)c2ccc(NC(=O)c3cc(C)on3)cc2)no1. The highest BCUT2D eigenvalue weighted by Gasteiger charge is 2.17. The summed E-state index contributed by atoms with van der Waals surface area (Å²) < 4.78 is 36.5. The maximum atomic E-state index is 12.3. The van der Waals surface area contributed by atoms with Crippen LogP contribution in [0, 0.1) is 13.8 Å². The summed E-state index contributed by atoms with van der Waals surface area (Å²) in [4.78, 5) is 12.0. The molecule has 2 N–H and O–H groups in total. The van der Waals surface area contributed by atoms with Gasteiger partial charge in [-0.2, -0.15) is 0 Å². The highest BCUT2D eigenvalue weighted by Crippen LogP contribution is 2.18. The van der Waals surface area contributed by atoms with Crippen molar-refractivity contribution in [1.82, 2.24) is 10.3 Å². The molecule has 9 nitrogen and oxygen atoms in total. The number of anilines is 2. The van der Waals surface area contributed by atoms with Crippen molar-refractivity contribution in [2.45, 2.75) is 18.7 Å². The fourth-order valence-corrected chi connectivity index (χ4v) is 2.98. The van der Waals surface area contributed by atoms with Crippen LogP contribution in [0.15, 0.2) is 50.3 Å². The second-order valence-electron chi connectivity index (χ2n) is 5.23. The van der Waals surface area contributed by atoms with Gasteiger partial charge in [-0.05, 0) is 38.1 Å². The highest BCUT2D eigenvalue weighted by molar-refractivity contribution is 7.92. The molecule has 0 aliphatic rings. The molecule has 0 saturated heterocycles. The molecule has 0 radical (unpaired) electrons. The first-order valence-electron chi connectivity index (χ1n) is 7.14. The molecule has 0 bridgehead atoms. The Morgan fingerprint density at radius 2 is 1.64 bits per heavy atom. The molecule has 2 aromatic heterocycles. The Bertz CT molecular complexity index is 1000. The van der Waals surface area contributed by atoms with Crippen LogP contribution in [0.25, 0.3) is 0 Å². The Labute approximate surface area is 143 Å². The topological polar surface area (TPSA) is 127 Å². The van der Waals surface area contributed by atoms with Gasteiger partial charge in [-0.15, -0.1) is 0 Å². The Morgan fingerprint density at radius 1 is 1.00 bits per heavy atom. The normalized spacial score (nSPS) is 11.3. The summed E-state index contributed by atoms with van der Waals surface area (Å²) in [5, 5.41) is 9.79. The summed E-state index contributed by atoms with van der Waals surface area (Å²) in [5.74, 6) is 0.638. The van der Waals surface area contributed by atoms with Crippen molar-refractivity contribution < 1.29 is 22.3 Å². The number of sulfonamides is 1. The number of rotatable bonds is 5. The lowest BCUT2D eigenvalue weighted by Crippen LogP contribution is -2.14. The predicted octanol–water partition coefficient (Wildman–Crippen LogP) is 2.33. The molecule has 1 aromatic carbocycles. The van der Waals surface area contributed by atoms with Gasteiger partial charge in [0, 0.05) is 17.8 Å². The van der Waals surface area contributed by atoms with Crippen LogP contribution in [-0.4, -0.2) is 24.6 Å². The number of aryl methyl sites for hydroxylation is 2. The minimum atomic E-state index is -3.81. The fourth-order valence-electron chi connectivity index (χ4n) is 2.00. The number of carbonyl (C=O) groups is 1. The van der Waals surface area contributed by atoms with E-state index in [0.717, 1.165) is 0 Å². The quantitative estimate of drug-likeness (QED) is 0.713. The van der Waals surface area contributed by atoms with Crippen LogP contribution in [0.2, 0.25) is 0 Å². The van der Waals surface area contributed by atoms with E-state index in [1.807, 2.05) is 0 Å². The van der Waals surface area contributed by atoms with Crippen LogP contribution in [0.4, 0.5) is 11.5 Å². The van der Waals surface area contributed by atoms with Gasteiger partial charge < -0.3 is 14.4 Å². The first kappa shape index (κ1) is 16.7. The zero-order chi connectivity index (χ0) is 18.0. The number of hydrogen-bond donors (Lipinski definition) is 2. The van der Waals surface area contributed by atoms with Gasteiger partial charge in [-0.25, -0.2) is 8.42 Å². The van der Waals surface area contributed by atoms with Crippen molar-refractivity contribution in [2.24, 2.45) is 0 Å². The molecule has 2 heterocycles. The molecular weight excluding hydrogens is 348 g/mol. The van der Waals surface area contributed by atoms with Crippen LogP contribution in [-0.2, 0) is 10.0 Å². The van der Waals surface area contributed by atoms with Crippen LogP contribution >= 0.6 is 0 Å². The van der Waals surface area contributed by atoms with Gasteiger partial charge in [0.1, 0.15) is 11.5 Å². The van der Waals surface area contributed by atoms with E-state index in [2.05, 4.69) is 20.4 Å². The van der Waals surface area contributed by atoms with Crippen LogP contribution in [0.5, 0.6) is 0 Å². The van der Waals surface area contributed by atoms with Crippen molar-refractivity contribution >= 4 is 27.4 Å². The lowest BCUT2D eigenvalue weighted by Gasteiger charge is -2.07. The molecule has 10 heteroatoms. The summed E-state index contributed by atoms with van der Waals surface area (Å²) in [5.41, 5.74) is 0.555. The van der Waals surface area contributed by atoms with Crippen LogP contribution in [0.3, 0.4) is 0 Å². The molecule has 3 aromatic rings. The molecule has 3 rings (SSSR count). The van der Waals surface area contributed by atoms with Gasteiger partial charge in [-0.1, -0.05) is 10.3 Å². The predicted molar refractivity (Wildman–Crippen MR) is 87.7 cm³/mol. The monoisotopic (exact) mass is 362 g/mol. The Hall–Kier alpha value is -3.14. The third-order valence-electron chi connectivity index (χ3n) is 3.15. The standard InChI is InChI=1S/C15H14N4O5S/c1-9-7-13(17-23-9)15(20)16-11-3-5-12(6-4-11)25(21,22)19-14-8-10(2)24-18-14/h3-8H,1-2H3,(H,16,20)(H,18,19). The maximum Gasteiger partial charge on any atom is 0.277 e. The van der Waals surface area contributed by atoms with Gasteiger partial charge in [0.05, 0.1) is 4.90 Å². The van der Waals surface area contributed by atoms with E-state index in [0.29, 0.717) is 17.2 Å². The molecule has 0 spiro atoms. The van der Waals surface area contributed by atoms with Crippen molar-refractivity contribution in [2.75, 3.05) is 10.0 Å². The van der Waals surface area contributed by atoms with Gasteiger partial charge >= 0.3 is 0 Å². The number of benzene rings is 1. The largest absolute Gasteiger partial charge is 0.361 e. The van der Waals surface area contributed by atoms with Crippen molar-refractivity contribution in [3.05, 3.63) is 53.6 Å². The van der Waals surface area contributed by atoms with E-state index < -0.39 is 15.9 Å². The Morgan fingerprint density at radius 3 is 2.20 bits per heavy atom. The third-order valence-corrected chi connectivity index (χ3v) is 4.52. The first-order valence-corrected chi connectivity index (χ1v) is 8.63. The van der Waals surface area contributed by atoms with Crippen molar-refractivity contribution in [1.29, 1.82) is 0 Å². The second kappa shape index (κ2) is 6.40. The Kier molecular flexibility index (Phi) is 4.28. The molecule has 25 heavy (non-hydrogen) atoms. The van der Waals surface area contributed by atoms with Gasteiger partial charge in [0.2, 0.25) is 0 Å². The summed E-state index contributed by atoms with van der Waals surface area (Å²) in [6.45, 7) is 3.32. The van der Waals surface area contributed by atoms with E-state index in [1.165, 1.54) is 36.4 Å². The molecule has 0 aliphatic carbocycles. The van der Waals surface area contributed by atoms with Gasteiger partial charge in [0.15, 0.2) is 11.5 Å². The van der Waals surface area contributed by atoms with Gasteiger partial charge in [0.25, 0.3) is 15.9 Å². The molecule has 0 atom stereocenters. The van der Waals surface area contributed by atoms with Crippen molar-refractivity contribution in [3.63, 3.8) is 0 Å². The zero-order valence-corrected chi connectivity index (χ0v) is 14.1. The molecular formula is C15H14N4O5S. The zero-order valence-electron chi connectivity index (χ0n) is 13.3. The molecule has 0 aliphatic heterocycles. The lowest BCUT2D eigenvalue weighted by molar-refractivity contribution is 0.101. The molecule has 1 amide bonds. The highest BCUT2D eigenvalue weighted by atomic mass is 32.2. The average molecular weight is 362 g/mol. The smallest absolute Gasteiger partial charge is 0.277 e. The minimum absolute atomic E-state index is 0.0171. The second-order valence-corrected chi connectivity index (χ2v) is 6.91. The lowest BCUT2D eigenvalue weighted by atomic mass is 10.3. The molecule has 0 unspecified atom stereocenters. The van der Waals surface area contributed by atoms with E-state index in [-0.39, 0.29) is 16.4 Å². The van der Waals surface area contributed by atoms with E-state index in [4.69, 9.17) is 9.05 Å². The number of nitrogens with zero attached hydrogens (tertiary/aromatic N) is 2. The van der Waals surface area contributed by atoms with Gasteiger partial charge in [-0.3, -0.25) is 9.52 Å². The number of aromatic nitrogens is 2.